The summed E-state index contributed by atoms with van der Waals surface area (Å²) in [6.45, 7) is 0.679. The van der Waals surface area contributed by atoms with Gasteiger partial charge in [0, 0.05) is 4.70 Å². The molecule has 0 N–H and O–H groups in total. The minimum atomic E-state index is 0.229. The van der Waals surface area contributed by atoms with E-state index in [0.29, 0.717) is 6.61 Å². The summed E-state index contributed by atoms with van der Waals surface area (Å²) in [7, 11) is 0. The second kappa shape index (κ2) is 5.34. The van der Waals surface area contributed by atoms with E-state index in [2.05, 4.69) is 54.6 Å². The molecular weight excluding hydrogens is 278 g/mol. The van der Waals surface area contributed by atoms with Crippen LogP contribution in [0.5, 0.6) is 0 Å². The molecule has 21 heavy (non-hydrogen) atoms. The summed E-state index contributed by atoms with van der Waals surface area (Å²) >= 11 is 1.75. The van der Waals surface area contributed by atoms with Crippen molar-refractivity contribution in [1.29, 1.82) is 0 Å². The van der Waals surface area contributed by atoms with Crippen LogP contribution in [0.15, 0.2) is 65.7 Å². The Morgan fingerprint density at radius 3 is 2.71 bits per heavy atom. The van der Waals surface area contributed by atoms with Crippen molar-refractivity contribution < 1.29 is 4.74 Å². The summed E-state index contributed by atoms with van der Waals surface area (Å²) in [5.41, 5.74) is 1.31. The summed E-state index contributed by atoms with van der Waals surface area (Å²) in [5.74, 6) is 0.803. The lowest BCUT2D eigenvalue weighted by Gasteiger charge is -2.03. The fraction of sp³-hybridized carbons (Fsp3) is 0.167. The highest BCUT2D eigenvalue weighted by Crippen LogP contribution is 2.28. The normalized spacial score (nSPS) is 17.7. The molecule has 1 aliphatic rings. The highest BCUT2D eigenvalue weighted by atomic mass is 32.1. The van der Waals surface area contributed by atoms with Gasteiger partial charge in [-0.15, -0.1) is 11.3 Å². The predicted molar refractivity (Wildman–Crippen MR) is 88.2 cm³/mol. The molecule has 0 saturated carbocycles. The first-order chi connectivity index (χ1) is 10.4. The third kappa shape index (κ3) is 2.57. The van der Waals surface area contributed by atoms with E-state index >= 15 is 0 Å². The van der Waals surface area contributed by atoms with Gasteiger partial charge in [0.15, 0.2) is 0 Å². The van der Waals surface area contributed by atoms with Crippen LogP contribution in [-0.4, -0.2) is 18.5 Å². The number of hydrogen-bond donors (Lipinski definition) is 0. The van der Waals surface area contributed by atoms with Crippen molar-refractivity contribution in [2.45, 2.75) is 12.5 Å². The molecular formula is C18H15NOS. The van der Waals surface area contributed by atoms with Gasteiger partial charge in [-0.3, -0.25) is 0 Å². The van der Waals surface area contributed by atoms with Gasteiger partial charge in [0.2, 0.25) is 5.90 Å². The third-order valence-corrected chi connectivity index (χ3v) is 4.77. The first-order valence-corrected chi connectivity index (χ1v) is 7.93. The number of benzene rings is 2. The minimum absolute atomic E-state index is 0.229. The van der Waals surface area contributed by atoms with Crippen LogP contribution in [0, 0.1) is 0 Å². The number of nitrogens with zero attached hydrogens (tertiary/aromatic N) is 1. The molecule has 2 aromatic carbocycles. The second-order valence-electron chi connectivity index (χ2n) is 5.24. The molecule has 0 saturated heterocycles. The fourth-order valence-electron chi connectivity index (χ4n) is 2.63. The van der Waals surface area contributed by atoms with E-state index in [1.165, 1.54) is 15.6 Å². The van der Waals surface area contributed by atoms with Crippen molar-refractivity contribution in [2.24, 2.45) is 4.99 Å². The van der Waals surface area contributed by atoms with Crippen LogP contribution in [-0.2, 0) is 11.2 Å². The average molecular weight is 293 g/mol. The van der Waals surface area contributed by atoms with E-state index in [1.807, 2.05) is 6.07 Å². The third-order valence-electron chi connectivity index (χ3n) is 3.66. The molecule has 3 aromatic rings. The summed E-state index contributed by atoms with van der Waals surface area (Å²) in [4.78, 5) is 5.88. The van der Waals surface area contributed by atoms with Crippen LogP contribution in [0.2, 0.25) is 0 Å². The lowest BCUT2D eigenvalue weighted by molar-refractivity contribution is 0.317. The van der Waals surface area contributed by atoms with Crippen LogP contribution >= 0.6 is 11.3 Å². The number of aliphatic imine (C=N–C) groups is 1. The molecule has 4 rings (SSSR count). The maximum Gasteiger partial charge on any atom is 0.226 e. The molecule has 1 aromatic heterocycles. The Bertz CT molecular complexity index is 758. The number of hydrogen-bond acceptors (Lipinski definition) is 3. The molecule has 0 bridgehead atoms. The van der Waals surface area contributed by atoms with E-state index in [9.17, 15) is 0 Å². The molecule has 0 spiro atoms. The highest BCUT2D eigenvalue weighted by Gasteiger charge is 2.21. The van der Waals surface area contributed by atoms with Gasteiger partial charge >= 0.3 is 0 Å². The van der Waals surface area contributed by atoms with Crippen molar-refractivity contribution in [1.82, 2.24) is 0 Å². The van der Waals surface area contributed by atoms with E-state index in [0.717, 1.165) is 17.2 Å². The van der Waals surface area contributed by atoms with Gasteiger partial charge in [0.25, 0.3) is 0 Å². The Balaban J connectivity index is 1.57. The van der Waals surface area contributed by atoms with E-state index in [1.54, 1.807) is 11.3 Å². The van der Waals surface area contributed by atoms with Crippen LogP contribution in [0.3, 0.4) is 0 Å². The van der Waals surface area contributed by atoms with Gasteiger partial charge < -0.3 is 4.74 Å². The van der Waals surface area contributed by atoms with Crippen molar-refractivity contribution in [3.63, 3.8) is 0 Å². The SMILES string of the molecule is c1ccc(C[C@@H]2COC(c3cc4ccccc4s3)=N2)cc1. The monoisotopic (exact) mass is 293 g/mol. The second-order valence-corrected chi connectivity index (χ2v) is 6.32. The van der Waals surface area contributed by atoms with Crippen LogP contribution in [0.4, 0.5) is 0 Å². The van der Waals surface area contributed by atoms with Crippen molar-refractivity contribution in [2.75, 3.05) is 6.61 Å². The van der Waals surface area contributed by atoms with E-state index < -0.39 is 0 Å². The minimum Gasteiger partial charge on any atom is -0.475 e. The van der Waals surface area contributed by atoms with Gasteiger partial charge in [-0.05, 0) is 29.5 Å². The van der Waals surface area contributed by atoms with Gasteiger partial charge in [-0.1, -0.05) is 48.5 Å². The van der Waals surface area contributed by atoms with Gasteiger partial charge in [0.1, 0.15) is 6.61 Å². The molecule has 3 heteroatoms. The molecule has 0 radical (unpaired) electrons. The van der Waals surface area contributed by atoms with E-state index in [-0.39, 0.29) is 6.04 Å². The van der Waals surface area contributed by atoms with Crippen molar-refractivity contribution in [3.05, 3.63) is 71.1 Å². The largest absolute Gasteiger partial charge is 0.475 e. The summed E-state index contributed by atoms with van der Waals surface area (Å²) in [6.07, 6.45) is 0.940. The molecule has 2 nitrogen and oxygen atoms in total. The van der Waals surface area contributed by atoms with Crippen molar-refractivity contribution >= 4 is 27.3 Å². The lowest BCUT2D eigenvalue weighted by Crippen LogP contribution is -2.09. The average Bonchev–Trinajstić information content (AvgIpc) is 3.14. The van der Waals surface area contributed by atoms with Crippen LogP contribution in [0.1, 0.15) is 10.4 Å². The Labute approximate surface area is 127 Å². The molecule has 0 aliphatic carbocycles. The number of fused-ring (bicyclic) bond motifs is 1. The first kappa shape index (κ1) is 12.6. The first-order valence-electron chi connectivity index (χ1n) is 7.12. The topological polar surface area (TPSA) is 21.6 Å². The number of thiophene rings is 1. The fourth-order valence-corrected chi connectivity index (χ4v) is 3.64. The Kier molecular flexibility index (Phi) is 3.20. The van der Waals surface area contributed by atoms with Crippen LogP contribution in [0.25, 0.3) is 10.1 Å². The molecule has 0 amide bonds. The predicted octanol–water partition coefficient (Wildman–Crippen LogP) is 4.29. The summed E-state index contributed by atoms with van der Waals surface area (Å²) in [6, 6.07) is 21.3. The zero-order chi connectivity index (χ0) is 14.1. The zero-order valence-electron chi connectivity index (χ0n) is 11.5. The molecule has 2 heterocycles. The maximum absolute atomic E-state index is 5.81. The number of rotatable bonds is 3. The van der Waals surface area contributed by atoms with E-state index in [4.69, 9.17) is 9.73 Å². The molecule has 1 aliphatic heterocycles. The maximum atomic E-state index is 5.81. The Morgan fingerprint density at radius 1 is 1.05 bits per heavy atom. The number of ether oxygens (including phenoxy) is 1. The quantitative estimate of drug-likeness (QED) is 0.706. The lowest BCUT2D eigenvalue weighted by atomic mass is 10.1. The highest BCUT2D eigenvalue weighted by molar-refractivity contribution is 7.20. The van der Waals surface area contributed by atoms with Gasteiger partial charge in [0.05, 0.1) is 10.9 Å². The molecule has 0 unspecified atom stereocenters. The standard InChI is InChI=1S/C18H15NOS/c1-2-6-13(7-3-1)10-15-12-20-18(19-15)17-11-14-8-4-5-9-16(14)21-17/h1-9,11,15H,10,12H2/t15-/m1/s1. The smallest absolute Gasteiger partial charge is 0.226 e. The molecule has 1 atom stereocenters. The Hall–Kier alpha value is -2.13. The van der Waals surface area contributed by atoms with Gasteiger partial charge in [-0.25, -0.2) is 4.99 Å². The molecule has 0 fully saturated rings. The van der Waals surface area contributed by atoms with Crippen molar-refractivity contribution in [3.8, 4) is 0 Å². The molecule has 104 valence electrons. The summed E-state index contributed by atoms with van der Waals surface area (Å²) in [5, 5.41) is 1.26. The summed E-state index contributed by atoms with van der Waals surface area (Å²) < 4.78 is 7.10. The van der Waals surface area contributed by atoms with Gasteiger partial charge in [-0.2, -0.15) is 0 Å². The Morgan fingerprint density at radius 2 is 1.86 bits per heavy atom. The zero-order valence-corrected chi connectivity index (χ0v) is 12.3. The van der Waals surface area contributed by atoms with Crippen LogP contribution < -0.4 is 0 Å².